The minimum absolute atomic E-state index is 0.196. The first-order valence-electron chi connectivity index (χ1n) is 9.65. The Bertz CT molecular complexity index is 1120. The summed E-state index contributed by atoms with van der Waals surface area (Å²) in [5.41, 5.74) is 2.77. The van der Waals surface area contributed by atoms with Crippen LogP contribution in [0.1, 0.15) is 53.7 Å². The van der Waals surface area contributed by atoms with Crippen molar-refractivity contribution in [2.75, 3.05) is 5.32 Å². The van der Waals surface area contributed by atoms with Gasteiger partial charge >= 0.3 is 0 Å². The summed E-state index contributed by atoms with van der Waals surface area (Å²) in [5.74, 6) is 0.317. The molecular weight excluding hydrogens is 370 g/mol. The van der Waals surface area contributed by atoms with Crippen LogP contribution >= 0.6 is 11.3 Å². The topological polar surface area (TPSA) is 63.5 Å². The average molecular weight is 396 g/mol. The smallest absolute Gasteiger partial charge is 0.282 e. The molecule has 0 radical (unpaired) electrons. The number of amides is 1. The zero-order valence-corrected chi connectivity index (χ0v) is 17.5. The molecule has 1 atom stereocenters. The molecule has 1 aliphatic carbocycles. The summed E-state index contributed by atoms with van der Waals surface area (Å²) >= 11 is 1.60. The van der Waals surface area contributed by atoms with Gasteiger partial charge in [0.15, 0.2) is 4.96 Å². The third kappa shape index (κ3) is 3.26. The second kappa shape index (κ2) is 6.85. The van der Waals surface area contributed by atoms with Crippen LogP contribution in [0.5, 0.6) is 0 Å². The lowest BCUT2D eigenvalue weighted by molar-refractivity contribution is 0.102. The number of carbonyl (C=O) groups excluding carboxylic acids is 1. The van der Waals surface area contributed by atoms with Gasteiger partial charge in [0.25, 0.3) is 11.5 Å². The van der Waals surface area contributed by atoms with Gasteiger partial charge in [0, 0.05) is 16.1 Å². The number of fused-ring (bicyclic) bond motifs is 3. The highest BCUT2D eigenvalue weighted by atomic mass is 32.1. The van der Waals surface area contributed by atoms with Crippen molar-refractivity contribution < 1.29 is 4.79 Å². The molecule has 0 saturated heterocycles. The minimum Gasteiger partial charge on any atom is -0.316 e. The second-order valence-corrected chi connectivity index (χ2v) is 9.70. The van der Waals surface area contributed by atoms with Crippen LogP contribution in [0.15, 0.2) is 35.3 Å². The molecule has 1 aromatic carbocycles. The molecule has 0 bridgehead atoms. The fourth-order valence-corrected chi connectivity index (χ4v) is 5.14. The van der Waals surface area contributed by atoms with Gasteiger partial charge in [-0.3, -0.25) is 14.0 Å². The first-order valence-corrected chi connectivity index (χ1v) is 10.5. The van der Waals surface area contributed by atoms with Crippen molar-refractivity contribution in [3.8, 4) is 0 Å². The third-order valence-electron chi connectivity index (χ3n) is 5.76. The Morgan fingerprint density at radius 2 is 2.04 bits per heavy atom. The van der Waals surface area contributed by atoms with E-state index in [9.17, 15) is 9.59 Å². The number of nitrogens with one attached hydrogen (secondary N) is 1. The molecule has 2 heterocycles. The zero-order chi connectivity index (χ0) is 20.1. The van der Waals surface area contributed by atoms with Gasteiger partial charge in [0.2, 0.25) is 0 Å². The number of aromatic nitrogens is 2. The van der Waals surface area contributed by atoms with Crippen LogP contribution in [-0.4, -0.2) is 15.3 Å². The van der Waals surface area contributed by atoms with E-state index in [1.54, 1.807) is 21.8 Å². The van der Waals surface area contributed by atoms with Crippen LogP contribution in [0.2, 0.25) is 0 Å². The van der Waals surface area contributed by atoms with Crippen molar-refractivity contribution in [2.24, 2.45) is 11.3 Å². The average Bonchev–Trinajstić information content (AvgIpc) is 3.02. The molecule has 6 heteroatoms. The zero-order valence-electron chi connectivity index (χ0n) is 16.7. The number of thiazole rings is 1. The molecule has 1 N–H and O–H groups in total. The third-order valence-corrected chi connectivity index (χ3v) is 6.88. The summed E-state index contributed by atoms with van der Waals surface area (Å²) in [6, 6.07) is 7.34. The Morgan fingerprint density at radius 3 is 2.75 bits per heavy atom. The van der Waals surface area contributed by atoms with Gasteiger partial charge in [-0.25, -0.2) is 4.98 Å². The Hall–Kier alpha value is -2.47. The van der Waals surface area contributed by atoms with Crippen LogP contribution < -0.4 is 10.9 Å². The molecule has 0 spiro atoms. The van der Waals surface area contributed by atoms with Gasteiger partial charge in [0.1, 0.15) is 5.69 Å². The fourth-order valence-electron chi connectivity index (χ4n) is 3.93. The Kier molecular flexibility index (Phi) is 4.62. The van der Waals surface area contributed by atoms with E-state index < -0.39 is 0 Å². The summed E-state index contributed by atoms with van der Waals surface area (Å²) in [6.07, 6.45) is 4.40. The molecule has 28 heavy (non-hydrogen) atoms. The number of nitrogens with zero attached hydrogens (tertiary/aromatic N) is 2. The largest absolute Gasteiger partial charge is 0.316 e. The van der Waals surface area contributed by atoms with Crippen molar-refractivity contribution in [3.63, 3.8) is 0 Å². The number of anilines is 1. The van der Waals surface area contributed by atoms with E-state index in [0.717, 1.165) is 30.5 Å². The van der Waals surface area contributed by atoms with Crippen LogP contribution in [-0.2, 0) is 12.8 Å². The highest BCUT2D eigenvalue weighted by Crippen LogP contribution is 2.39. The number of benzene rings is 1. The lowest BCUT2D eigenvalue weighted by atomic mass is 9.73. The lowest BCUT2D eigenvalue weighted by Gasteiger charge is -2.33. The van der Waals surface area contributed by atoms with Gasteiger partial charge in [-0.15, -0.1) is 11.3 Å². The van der Waals surface area contributed by atoms with Crippen LogP contribution in [0, 0.1) is 18.3 Å². The van der Waals surface area contributed by atoms with E-state index in [2.05, 4.69) is 31.1 Å². The van der Waals surface area contributed by atoms with E-state index >= 15 is 0 Å². The standard InChI is InChI=1S/C22H25N3O2S/c1-13-7-5-6-8-15(13)19(26)24-16-12-23-21-25(20(16)27)17-10-9-14(22(2,3)4)11-18(17)28-21/h5-8,12,14H,9-11H2,1-4H3,(H,24,26)/t14-/m1/s1. The molecule has 0 fully saturated rings. The Balaban J connectivity index is 1.70. The van der Waals surface area contributed by atoms with Crippen LogP contribution in [0.3, 0.4) is 0 Å². The molecule has 0 saturated carbocycles. The van der Waals surface area contributed by atoms with Crippen molar-refractivity contribution in [1.82, 2.24) is 9.38 Å². The molecule has 146 valence electrons. The Morgan fingerprint density at radius 1 is 1.29 bits per heavy atom. The van der Waals surface area contributed by atoms with Crippen molar-refractivity contribution >= 4 is 27.9 Å². The molecule has 3 aromatic rings. The molecule has 5 nitrogen and oxygen atoms in total. The van der Waals surface area contributed by atoms with Crippen molar-refractivity contribution in [3.05, 3.63) is 62.5 Å². The van der Waals surface area contributed by atoms with Crippen LogP contribution in [0.4, 0.5) is 5.69 Å². The maximum absolute atomic E-state index is 13.1. The number of aryl methyl sites for hydroxylation is 2. The van der Waals surface area contributed by atoms with Crippen molar-refractivity contribution in [1.29, 1.82) is 0 Å². The molecule has 0 aliphatic heterocycles. The van der Waals surface area contributed by atoms with Gasteiger partial charge in [-0.2, -0.15) is 0 Å². The summed E-state index contributed by atoms with van der Waals surface area (Å²) in [5, 5.41) is 2.76. The van der Waals surface area contributed by atoms with Crippen molar-refractivity contribution in [2.45, 2.75) is 47.0 Å². The normalized spacial score (nSPS) is 16.8. The van der Waals surface area contributed by atoms with Crippen LogP contribution in [0.25, 0.3) is 4.96 Å². The molecule has 0 unspecified atom stereocenters. The number of rotatable bonds is 2. The SMILES string of the molecule is Cc1ccccc1C(=O)Nc1cnc2sc3c(n2c1=O)CC[C@@H](C(C)(C)C)C3. The first kappa shape index (κ1) is 18.9. The maximum atomic E-state index is 13.1. The second-order valence-electron chi connectivity index (χ2n) is 8.64. The van der Waals surface area contributed by atoms with Gasteiger partial charge in [-0.05, 0) is 49.1 Å². The molecular formula is C22H25N3O2S. The summed E-state index contributed by atoms with van der Waals surface area (Å²) in [4.78, 5) is 32.2. The van der Waals surface area contributed by atoms with Gasteiger partial charge in [-0.1, -0.05) is 39.0 Å². The van der Waals surface area contributed by atoms with E-state index in [1.165, 1.54) is 11.1 Å². The molecule has 1 aliphatic rings. The monoisotopic (exact) mass is 395 g/mol. The van der Waals surface area contributed by atoms with E-state index in [-0.39, 0.29) is 22.6 Å². The maximum Gasteiger partial charge on any atom is 0.282 e. The number of hydrogen-bond donors (Lipinski definition) is 1. The van der Waals surface area contributed by atoms with E-state index in [0.29, 0.717) is 16.4 Å². The summed E-state index contributed by atoms with van der Waals surface area (Å²) < 4.78 is 1.70. The minimum atomic E-state index is -0.283. The number of carbonyl (C=O) groups is 1. The number of hydrogen-bond acceptors (Lipinski definition) is 4. The highest BCUT2D eigenvalue weighted by Gasteiger charge is 2.31. The summed E-state index contributed by atoms with van der Waals surface area (Å²) in [6.45, 7) is 8.71. The predicted octanol–water partition coefficient (Wildman–Crippen LogP) is 4.47. The quantitative estimate of drug-likeness (QED) is 0.696. The first-order chi connectivity index (χ1) is 13.3. The molecule has 2 aromatic heterocycles. The Labute approximate surface area is 168 Å². The fraction of sp³-hybridized carbons (Fsp3) is 0.409. The van der Waals surface area contributed by atoms with E-state index in [1.807, 2.05) is 25.1 Å². The molecule has 4 rings (SSSR count). The van der Waals surface area contributed by atoms with Gasteiger partial charge in [0.05, 0.1) is 6.20 Å². The van der Waals surface area contributed by atoms with Gasteiger partial charge < -0.3 is 5.32 Å². The highest BCUT2D eigenvalue weighted by molar-refractivity contribution is 7.17. The lowest BCUT2D eigenvalue weighted by Crippen LogP contribution is -2.28. The summed E-state index contributed by atoms with van der Waals surface area (Å²) in [7, 11) is 0. The predicted molar refractivity (Wildman–Crippen MR) is 113 cm³/mol. The van der Waals surface area contributed by atoms with E-state index in [4.69, 9.17) is 0 Å². The molecule has 1 amide bonds.